The number of likely N-dealkylation sites (tertiary alicyclic amines) is 1. The number of benzene rings is 2. The zero-order valence-corrected chi connectivity index (χ0v) is 18.9. The molecule has 2 heterocycles. The summed E-state index contributed by atoms with van der Waals surface area (Å²) in [5.41, 5.74) is 3.11. The van der Waals surface area contributed by atoms with Gasteiger partial charge in [-0.3, -0.25) is 14.6 Å². The van der Waals surface area contributed by atoms with Crippen molar-refractivity contribution < 1.29 is 19.4 Å². The van der Waals surface area contributed by atoms with E-state index in [1.807, 2.05) is 57.2 Å². The lowest BCUT2D eigenvalue weighted by molar-refractivity contribution is -0.140. The van der Waals surface area contributed by atoms with Crippen molar-refractivity contribution in [2.45, 2.75) is 39.5 Å². The number of ketones is 1. The molecule has 1 amide bonds. The maximum Gasteiger partial charge on any atom is 0.295 e. The lowest BCUT2D eigenvalue weighted by atomic mass is 9.92. The van der Waals surface area contributed by atoms with Crippen molar-refractivity contribution in [2.24, 2.45) is 0 Å². The largest absolute Gasteiger partial charge is 0.507 e. The van der Waals surface area contributed by atoms with Crippen LogP contribution in [-0.4, -0.2) is 32.8 Å². The molecule has 33 heavy (non-hydrogen) atoms. The van der Waals surface area contributed by atoms with Gasteiger partial charge in [0.25, 0.3) is 11.7 Å². The van der Waals surface area contributed by atoms with Gasteiger partial charge in [-0.25, -0.2) is 0 Å². The van der Waals surface area contributed by atoms with Crippen molar-refractivity contribution in [1.82, 2.24) is 9.88 Å². The van der Waals surface area contributed by atoms with E-state index in [2.05, 4.69) is 4.98 Å². The smallest absolute Gasteiger partial charge is 0.295 e. The standard InChI is InChI=1S/C27H26N2O4/c1-17(2)33-21-10-8-20(9-11-21)25(30)23-24(22-7-5-4-6-18(22)3)29(27(32)26(23)31)16-19-12-14-28-15-13-19/h4-15,17,24,30H,16H2,1-3H3/b25-23-. The number of hydrogen-bond donors (Lipinski definition) is 1. The minimum absolute atomic E-state index is 0.0176. The molecule has 1 fully saturated rings. The molecule has 4 rings (SSSR count). The van der Waals surface area contributed by atoms with Crippen molar-refractivity contribution in [3.63, 3.8) is 0 Å². The molecule has 0 aliphatic carbocycles. The molecule has 1 saturated heterocycles. The number of ether oxygens (including phenoxy) is 1. The van der Waals surface area contributed by atoms with Crippen LogP contribution in [0.2, 0.25) is 0 Å². The first kappa shape index (κ1) is 22.3. The maximum atomic E-state index is 13.2. The molecular weight excluding hydrogens is 416 g/mol. The third-order valence-electron chi connectivity index (χ3n) is 5.62. The third kappa shape index (κ3) is 4.51. The van der Waals surface area contributed by atoms with E-state index in [1.165, 1.54) is 4.90 Å². The van der Waals surface area contributed by atoms with E-state index in [0.29, 0.717) is 11.3 Å². The summed E-state index contributed by atoms with van der Waals surface area (Å²) in [7, 11) is 0. The van der Waals surface area contributed by atoms with E-state index >= 15 is 0 Å². The van der Waals surface area contributed by atoms with Crippen molar-refractivity contribution in [1.29, 1.82) is 0 Å². The number of hydrogen-bond acceptors (Lipinski definition) is 5. The van der Waals surface area contributed by atoms with Crippen LogP contribution in [0.5, 0.6) is 5.75 Å². The number of carbonyl (C=O) groups is 2. The van der Waals surface area contributed by atoms with Gasteiger partial charge in [-0.2, -0.15) is 0 Å². The summed E-state index contributed by atoms with van der Waals surface area (Å²) in [6.07, 6.45) is 3.31. The van der Waals surface area contributed by atoms with E-state index < -0.39 is 17.7 Å². The van der Waals surface area contributed by atoms with Crippen LogP contribution in [0.25, 0.3) is 5.76 Å². The van der Waals surface area contributed by atoms with Crippen molar-refractivity contribution in [2.75, 3.05) is 0 Å². The molecular formula is C27H26N2O4. The van der Waals surface area contributed by atoms with E-state index in [0.717, 1.165) is 16.7 Å². The van der Waals surface area contributed by atoms with Gasteiger partial charge in [0, 0.05) is 24.5 Å². The van der Waals surface area contributed by atoms with Crippen molar-refractivity contribution in [3.8, 4) is 5.75 Å². The Hall–Kier alpha value is -3.93. The summed E-state index contributed by atoms with van der Waals surface area (Å²) in [6.45, 7) is 6.02. The summed E-state index contributed by atoms with van der Waals surface area (Å²) < 4.78 is 5.67. The van der Waals surface area contributed by atoms with Gasteiger partial charge < -0.3 is 14.7 Å². The summed E-state index contributed by atoms with van der Waals surface area (Å²) >= 11 is 0. The quantitative estimate of drug-likeness (QED) is 0.337. The van der Waals surface area contributed by atoms with Gasteiger partial charge >= 0.3 is 0 Å². The molecule has 168 valence electrons. The van der Waals surface area contributed by atoms with Crippen LogP contribution in [0, 0.1) is 6.92 Å². The Morgan fingerprint density at radius 3 is 2.33 bits per heavy atom. The molecule has 1 N–H and O–H groups in total. The van der Waals surface area contributed by atoms with Gasteiger partial charge in [0.15, 0.2) is 0 Å². The van der Waals surface area contributed by atoms with Gasteiger partial charge in [0.05, 0.1) is 17.7 Å². The number of Topliss-reactive ketones (excluding diaryl/α,β-unsaturated/α-hetero) is 1. The van der Waals surface area contributed by atoms with Crippen LogP contribution in [0.15, 0.2) is 78.6 Å². The first-order valence-corrected chi connectivity index (χ1v) is 10.9. The molecule has 0 saturated carbocycles. The maximum absolute atomic E-state index is 13.2. The second-order valence-corrected chi connectivity index (χ2v) is 8.33. The number of pyridine rings is 1. The highest BCUT2D eigenvalue weighted by molar-refractivity contribution is 6.46. The molecule has 1 aliphatic heterocycles. The van der Waals surface area contributed by atoms with Gasteiger partial charge in [0.1, 0.15) is 11.5 Å². The molecule has 0 radical (unpaired) electrons. The number of rotatable bonds is 6. The first-order chi connectivity index (χ1) is 15.9. The minimum Gasteiger partial charge on any atom is -0.507 e. The number of carbonyl (C=O) groups excluding carboxylic acids is 2. The average Bonchev–Trinajstić information content (AvgIpc) is 3.04. The number of aromatic nitrogens is 1. The Balaban J connectivity index is 1.82. The summed E-state index contributed by atoms with van der Waals surface area (Å²) in [4.78, 5) is 31.8. The Kier molecular flexibility index (Phi) is 6.27. The third-order valence-corrected chi connectivity index (χ3v) is 5.62. The lowest BCUT2D eigenvalue weighted by Crippen LogP contribution is -2.29. The summed E-state index contributed by atoms with van der Waals surface area (Å²) in [5.74, 6) is -0.872. The number of nitrogens with zero attached hydrogens (tertiary/aromatic N) is 2. The first-order valence-electron chi connectivity index (χ1n) is 10.9. The van der Waals surface area contributed by atoms with Gasteiger partial charge in [-0.15, -0.1) is 0 Å². The van der Waals surface area contributed by atoms with Crippen LogP contribution in [0.4, 0.5) is 0 Å². The average molecular weight is 443 g/mol. The fourth-order valence-electron chi connectivity index (χ4n) is 4.06. The molecule has 6 nitrogen and oxygen atoms in total. The zero-order chi connectivity index (χ0) is 23.5. The molecule has 1 unspecified atom stereocenters. The fourth-order valence-corrected chi connectivity index (χ4v) is 4.06. The van der Waals surface area contributed by atoms with Gasteiger partial charge in [-0.05, 0) is 73.9 Å². The lowest BCUT2D eigenvalue weighted by Gasteiger charge is -2.26. The number of amides is 1. The predicted octanol–water partition coefficient (Wildman–Crippen LogP) is 4.80. The SMILES string of the molecule is Cc1ccccc1C1/C(=C(/O)c2ccc(OC(C)C)cc2)C(=O)C(=O)N1Cc1ccncc1. The zero-order valence-electron chi connectivity index (χ0n) is 18.9. The second-order valence-electron chi connectivity index (χ2n) is 8.33. The van der Waals surface area contributed by atoms with Crippen LogP contribution in [0.3, 0.4) is 0 Å². The van der Waals surface area contributed by atoms with Crippen molar-refractivity contribution >= 4 is 17.4 Å². The Labute approximate surface area is 193 Å². The normalized spacial score (nSPS) is 17.6. The molecule has 2 aromatic carbocycles. The molecule has 1 atom stereocenters. The van der Waals surface area contributed by atoms with Crippen LogP contribution in [0.1, 0.15) is 42.1 Å². The predicted molar refractivity (Wildman–Crippen MR) is 125 cm³/mol. The molecule has 0 spiro atoms. The number of aliphatic hydroxyl groups is 1. The number of aliphatic hydroxyl groups excluding tert-OH is 1. The van der Waals surface area contributed by atoms with E-state index in [4.69, 9.17) is 4.74 Å². The van der Waals surface area contributed by atoms with Gasteiger partial charge in [0.2, 0.25) is 0 Å². The summed E-state index contributed by atoms with van der Waals surface area (Å²) in [5, 5.41) is 11.2. The van der Waals surface area contributed by atoms with E-state index in [1.54, 1.807) is 36.7 Å². The van der Waals surface area contributed by atoms with Gasteiger partial charge in [-0.1, -0.05) is 24.3 Å². The van der Waals surface area contributed by atoms with Crippen LogP contribution in [-0.2, 0) is 16.1 Å². The minimum atomic E-state index is -0.703. The number of aryl methyl sites for hydroxylation is 1. The molecule has 6 heteroatoms. The van der Waals surface area contributed by atoms with E-state index in [9.17, 15) is 14.7 Å². The molecule has 1 aliphatic rings. The molecule has 3 aromatic rings. The fraction of sp³-hybridized carbons (Fsp3) is 0.222. The molecule has 1 aromatic heterocycles. The highest BCUT2D eigenvalue weighted by Crippen LogP contribution is 2.41. The highest BCUT2D eigenvalue weighted by Gasteiger charge is 2.46. The highest BCUT2D eigenvalue weighted by atomic mass is 16.5. The van der Waals surface area contributed by atoms with Crippen molar-refractivity contribution in [3.05, 3.63) is 101 Å². The van der Waals surface area contributed by atoms with E-state index in [-0.39, 0.29) is 24.0 Å². The van der Waals surface area contributed by atoms with Crippen LogP contribution < -0.4 is 4.74 Å². The molecule has 0 bridgehead atoms. The monoisotopic (exact) mass is 442 g/mol. The van der Waals surface area contributed by atoms with Crippen LogP contribution >= 0.6 is 0 Å². The second kappa shape index (κ2) is 9.28. The Bertz CT molecular complexity index is 1200. The Morgan fingerprint density at radius 2 is 1.70 bits per heavy atom. The Morgan fingerprint density at radius 1 is 1.03 bits per heavy atom. The topological polar surface area (TPSA) is 79.7 Å². The summed E-state index contributed by atoms with van der Waals surface area (Å²) in [6, 6.07) is 17.4.